The molecule has 13 heavy (non-hydrogen) atoms. The quantitative estimate of drug-likeness (QED) is 0.429. The van der Waals surface area contributed by atoms with Crippen LogP contribution in [0.3, 0.4) is 0 Å². The zero-order valence-corrected chi connectivity index (χ0v) is 8.97. The molecule has 0 aliphatic heterocycles. The Morgan fingerprint density at radius 1 is 1.00 bits per heavy atom. The first-order valence-corrected chi connectivity index (χ1v) is 5.46. The second-order valence-corrected chi connectivity index (χ2v) is 3.38. The fourth-order valence-corrected chi connectivity index (χ4v) is 1.10. The second kappa shape index (κ2) is 9.56. The van der Waals surface area contributed by atoms with E-state index in [4.69, 9.17) is 4.74 Å². The number of hydrogen-bond donors (Lipinski definition) is 0. The maximum absolute atomic E-state index is 11.1. The highest BCUT2D eigenvalue weighted by Gasteiger charge is 2.00. The highest BCUT2D eigenvalue weighted by Crippen LogP contribution is 2.03. The molecule has 0 saturated carbocycles. The summed E-state index contributed by atoms with van der Waals surface area (Å²) in [5, 5.41) is 0. The van der Waals surface area contributed by atoms with Crippen molar-refractivity contribution in [1.82, 2.24) is 0 Å². The summed E-state index contributed by atoms with van der Waals surface area (Å²) in [6.45, 7) is 4.86. The highest BCUT2D eigenvalue weighted by atomic mass is 16.5. The first-order chi connectivity index (χ1) is 6.31. The number of carbonyl (C=O) groups is 1. The van der Waals surface area contributed by atoms with Crippen LogP contribution in [0.5, 0.6) is 0 Å². The minimum Gasteiger partial charge on any atom is -0.466 e. The molecule has 0 aromatic rings. The Bertz CT molecular complexity index is 121. The molecule has 0 unspecified atom stereocenters. The number of esters is 1. The van der Waals surface area contributed by atoms with E-state index in [1.165, 1.54) is 12.8 Å². The van der Waals surface area contributed by atoms with Crippen molar-refractivity contribution in [3.8, 4) is 0 Å². The van der Waals surface area contributed by atoms with Crippen LogP contribution in [0, 0.1) is 0 Å². The van der Waals surface area contributed by atoms with Crippen LogP contribution < -0.4 is 0 Å². The van der Waals surface area contributed by atoms with E-state index in [9.17, 15) is 4.79 Å². The van der Waals surface area contributed by atoms with Gasteiger partial charge >= 0.3 is 5.97 Å². The number of hydrogen-bond acceptors (Lipinski definition) is 2. The Morgan fingerprint density at radius 2 is 1.69 bits per heavy atom. The highest BCUT2D eigenvalue weighted by molar-refractivity contribution is 5.69. The molecule has 0 aromatic heterocycles. The fraction of sp³-hybridized carbons (Fsp3) is 0.909. The van der Waals surface area contributed by atoms with Gasteiger partial charge in [0.05, 0.1) is 6.61 Å². The van der Waals surface area contributed by atoms with Crippen molar-refractivity contribution in [3.05, 3.63) is 0 Å². The zero-order chi connectivity index (χ0) is 9.94. The van der Waals surface area contributed by atoms with Gasteiger partial charge in [-0.25, -0.2) is 0 Å². The van der Waals surface area contributed by atoms with Crippen LogP contribution in [-0.2, 0) is 9.53 Å². The minimum absolute atomic E-state index is 0.0236. The number of unbranched alkanes of at least 4 members (excludes halogenated alkanes) is 4. The molecule has 0 bridgehead atoms. The van der Waals surface area contributed by atoms with Crippen molar-refractivity contribution in [2.45, 2.75) is 58.8 Å². The number of carbonyl (C=O) groups excluding carboxylic acids is 1. The molecular weight excluding hydrogens is 164 g/mol. The van der Waals surface area contributed by atoms with Crippen molar-refractivity contribution in [2.24, 2.45) is 0 Å². The van der Waals surface area contributed by atoms with Gasteiger partial charge in [0.25, 0.3) is 0 Å². The van der Waals surface area contributed by atoms with Gasteiger partial charge in [-0.2, -0.15) is 0 Å². The molecule has 0 rings (SSSR count). The topological polar surface area (TPSA) is 26.3 Å². The third-order valence-corrected chi connectivity index (χ3v) is 2.00. The minimum atomic E-state index is -0.0236. The van der Waals surface area contributed by atoms with Crippen molar-refractivity contribution in [2.75, 3.05) is 6.61 Å². The van der Waals surface area contributed by atoms with Gasteiger partial charge in [-0.3, -0.25) is 4.79 Å². The van der Waals surface area contributed by atoms with Crippen LogP contribution >= 0.6 is 0 Å². The van der Waals surface area contributed by atoms with E-state index in [0.29, 0.717) is 13.0 Å². The summed E-state index contributed by atoms with van der Waals surface area (Å²) in [7, 11) is 0. The Labute approximate surface area is 81.7 Å². The summed E-state index contributed by atoms with van der Waals surface area (Å²) >= 11 is 0. The molecule has 0 radical (unpaired) electrons. The van der Waals surface area contributed by atoms with E-state index in [1.54, 1.807) is 0 Å². The second-order valence-electron chi connectivity index (χ2n) is 3.38. The lowest BCUT2D eigenvalue weighted by atomic mass is 10.2. The lowest BCUT2D eigenvalue weighted by Gasteiger charge is -2.02. The summed E-state index contributed by atoms with van der Waals surface area (Å²) in [6.07, 6.45) is 7.25. The molecule has 0 spiro atoms. The van der Waals surface area contributed by atoms with Crippen LogP contribution in [0.25, 0.3) is 0 Å². The molecule has 0 fully saturated rings. The molecule has 2 heteroatoms. The maximum atomic E-state index is 11.1. The van der Waals surface area contributed by atoms with Gasteiger partial charge in [0.1, 0.15) is 0 Å². The lowest BCUT2D eigenvalue weighted by molar-refractivity contribution is -0.143. The first-order valence-electron chi connectivity index (χ1n) is 5.46. The summed E-state index contributed by atoms with van der Waals surface area (Å²) in [5.41, 5.74) is 0. The largest absolute Gasteiger partial charge is 0.466 e. The average molecular weight is 186 g/mol. The van der Waals surface area contributed by atoms with Crippen LogP contribution in [0.1, 0.15) is 58.8 Å². The normalized spacial score (nSPS) is 10.0. The molecule has 0 amide bonds. The Morgan fingerprint density at radius 3 is 2.31 bits per heavy atom. The van der Waals surface area contributed by atoms with Gasteiger partial charge < -0.3 is 4.74 Å². The molecule has 2 nitrogen and oxygen atoms in total. The van der Waals surface area contributed by atoms with E-state index >= 15 is 0 Å². The zero-order valence-electron chi connectivity index (χ0n) is 8.97. The van der Waals surface area contributed by atoms with Gasteiger partial charge in [-0.05, 0) is 12.8 Å². The lowest BCUT2D eigenvalue weighted by Crippen LogP contribution is -2.05. The number of rotatable bonds is 8. The SMILES string of the molecule is CCCCCCC(=O)OCCCC. The molecule has 0 atom stereocenters. The van der Waals surface area contributed by atoms with E-state index in [0.717, 1.165) is 25.7 Å². The Balaban J connectivity index is 3.11. The van der Waals surface area contributed by atoms with Gasteiger partial charge in [0.2, 0.25) is 0 Å². The predicted molar refractivity (Wildman–Crippen MR) is 54.6 cm³/mol. The molecule has 0 aliphatic rings. The molecule has 0 N–H and O–H groups in total. The van der Waals surface area contributed by atoms with E-state index in [1.807, 2.05) is 0 Å². The first kappa shape index (κ1) is 12.5. The average Bonchev–Trinajstić information content (AvgIpc) is 2.13. The maximum Gasteiger partial charge on any atom is 0.305 e. The summed E-state index contributed by atoms with van der Waals surface area (Å²) in [6, 6.07) is 0. The molecule has 0 saturated heterocycles. The third kappa shape index (κ3) is 9.38. The standard InChI is InChI=1S/C11H22O2/c1-3-5-7-8-9-11(12)13-10-6-4-2/h3-10H2,1-2H3. The Hall–Kier alpha value is -0.530. The van der Waals surface area contributed by atoms with Crippen LogP contribution in [-0.4, -0.2) is 12.6 Å². The summed E-state index contributed by atoms with van der Waals surface area (Å²) in [5.74, 6) is -0.0236. The van der Waals surface area contributed by atoms with Gasteiger partial charge in [-0.1, -0.05) is 39.5 Å². The van der Waals surface area contributed by atoms with Crippen molar-refractivity contribution in [3.63, 3.8) is 0 Å². The van der Waals surface area contributed by atoms with E-state index in [-0.39, 0.29) is 5.97 Å². The molecular formula is C11H22O2. The summed E-state index contributed by atoms with van der Waals surface area (Å²) in [4.78, 5) is 11.1. The Kier molecular flexibility index (Phi) is 9.17. The van der Waals surface area contributed by atoms with Gasteiger partial charge in [0, 0.05) is 6.42 Å². The summed E-state index contributed by atoms with van der Waals surface area (Å²) < 4.78 is 5.02. The predicted octanol–water partition coefficient (Wildman–Crippen LogP) is 3.30. The third-order valence-electron chi connectivity index (χ3n) is 2.00. The van der Waals surface area contributed by atoms with E-state index in [2.05, 4.69) is 13.8 Å². The molecule has 0 heterocycles. The monoisotopic (exact) mass is 186 g/mol. The van der Waals surface area contributed by atoms with Gasteiger partial charge in [-0.15, -0.1) is 0 Å². The van der Waals surface area contributed by atoms with Crippen molar-refractivity contribution < 1.29 is 9.53 Å². The van der Waals surface area contributed by atoms with Crippen LogP contribution in [0.2, 0.25) is 0 Å². The van der Waals surface area contributed by atoms with Crippen LogP contribution in [0.4, 0.5) is 0 Å². The number of ether oxygens (including phenoxy) is 1. The van der Waals surface area contributed by atoms with Crippen molar-refractivity contribution in [1.29, 1.82) is 0 Å². The smallest absolute Gasteiger partial charge is 0.305 e. The van der Waals surface area contributed by atoms with E-state index < -0.39 is 0 Å². The fourth-order valence-electron chi connectivity index (χ4n) is 1.10. The van der Waals surface area contributed by atoms with Crippen molar-refractivity contribution >= 4 is 5.97 Å². The molecule has 78 valence electrons. The van der Waals surface area contributed by atoms with Crippen LogP contribution in [0.15, 0.2) is 0 Å². The van der Waals surface area contributed by atoms with Gasteiger partial charge in [0.15, 0.2) is 0 Å². The molecule has 0 aliphatic carbocycles. The molecule has 0 aromatic carbocycles.